The molecule has 0 saturated carbocycles. The van der Waals surface area contributed by atoms with E-state index in [1.54, 1.807) is 0 Å². The molecule has 14 nitrogen and oxygen atoms in total. The van der Waals surface area contributed by atoms with Crippen LogP contribution in [0.4, 0.5) is 0 Å². The summed E-state index contributed by atoms with van der Waals surface area (Å²) in [6.45, 7) is 0. The molecule has 0 rings (SSSR count). The van der Waals surface area contributed by atoms with Crippen molar-refractivity contribution in [3.63, 3.8) is 0 Å². The van der Waals surface area contributed by atoms with Crippen molar-refractivity contribution in [2.24, 2.45) is 0 Å². The minimum absolute atomic E-state index is 0. The van der Waals surface area contributed by atoms with Gasteiger partial charge in [0, 0.05) is 0 Å². The molecule has 0 aliphatic heterocycles. The summed E-state index contributed by atoms with van der Waals surface area (Å²) in [7, 11) is -10.8. The van der Waals surface area contributed by atoms with Crippen molar-refractivity contribution in [1.82, 2.24) is 0 Å². The third kappa shape index (κ3) is 667. The Bertz CT molecular complexity index is 316. The van der Waals surface area contributed by atoms with Gasteiger partial charge in [0.2, 0.25) is 0 Å². The molecule has 20 heavy (non-hydrogen) atoms. The van der Waals surface area contributed by atoms with Gasteiger partial charge in [-0.2, -0.15) is 15.6 Å². The van der Waals surface area contributed by atoms with Crippen molar-refractivity contribution in [2.45, 2.75) is 0 Å². The Kier molecular flexibility index (Phi) is 59.7. The molecule has 0 fully saturated rings. The van der Waals surface area contributed by atoms with Gasteiger partial charge in [-0.15, -0.1) is 0 Å². The van der Waals surface area contributed by atoms with Gasteiger partial charge in [0.25, 0.3) is 0 Å². The molecule has 0 aromatic carbocycles. The SMILES string of the molecule is O=P([O-])([O-])[O-].O=P([O-])([O-])[O-].[Ba+2].[H-].[H-].[O]=[U+2]=[O].[O]=[U+2]=[O].[O]=[U+2]=[O]. The van der Waals surface area contributed by atoms with Crippen LogP contribution >= 0.6 is 15.6 Å². The maximum absolute atomic E-state index is 8.58. The second-order valence-corrected chi connectivity index (χ2v) is 5.02. The van der Waals surface area contributed by atoms with Crippen LogP contribution in [-0.2, 0) is 22.5 Å². The van der Waals surface area contributed by atoms with E-state index < -0.39 is 99.1 Å². The zero-order chi connectivity index (χ0) is 17.1. The molecule has 0 amide bonds. The number of hydrogen-bond acceptors (Lipinski definition) is 14. The van der Waals surface area contributed by atoms with E-state index in [0.717, 1.165) is 0 Å². The maximum atomic E-state index is 8.58. The molecule has 0 N–H and O–H groups in total. The summed E-state index contributed by atoms with van der Waals surface area (Å²) >= 11 is -7.52. The van der Waals surface area contributed by atoms with Crippen molar-refractivity contribution < 1.29 is 138 Å². The quantitative estimate of drug-likeness (QED) is 0.161. The van der Waals surface area contributed by atoms with Crippen LogP contribution in [0, 0.1) is 83.5 Å². The molecule has 0 spiro atoms. The van der Waals surface area contributed by atoms with Gasteiger partial charge >= 0.3 is 146 Å². The first-order valence-corrected chi connectivity index (χ1v) is 15.8. The van der Waals surface area contributed by atoms with E-state index in [0.29, 0.717) is 0 Å². The van der Waals surface area contributed by atoms with Crippen molar-refractivity contribution in [2.75, 3.05) is 0 Å². The van der Waals surface area contributed by atoms with E-state index >= 15 is 0 Å². The van der Waals surface area contributed by atoms with Gasteiger partial charge in [0.15, 0.2) is 0 Å². The fourth-order valence-corrected chi connectivity index (χ4v) is 0. The van der Waals surface area contributed by atoms with E-state index in [-0.39, 0.29) is 51.7 Å². The molecule has 0 bridgehead atoms. The molecular formula is H2BaO14P2U3. The summed E-state index contributed by atoms with van der Waals surface area (Å²) < 4.78 is 68.6. The second-order valence-electron chi connectivity index (χ2n) is 1.14. The standard InChI is InChI=1S/Ba.2H3O4P.6O.3U.2H/c;2*1-5(2,3)4;;;;;;;;;;;/h;2*(H3,1,2,3,4);;;;;;;;;;;/q+2;;;;;;;;;3*+2;2*-1/p-6. The van der Waals surface area contributed by atoms with Crippen molar-refractivity contribution in [3.8, 4) is 0 Å². The van der Waals surface area contributed by atoms with Crippen molar-refractivity contribution >= 4 is 64.5 Å². The first-order chi connectivity index (χ1) is 8.24. The topological polar surface area (TPSA) is 275 Å². The molecule has 0 saturated heterocycles. The van der Waals surface area contributed by atoms with Crippen LogP contribution in [-0.4, -0.2) is 48.9 Å². The molecular weight excluding hydrogens is 1140 g/mol. The summed E-state index contributed by atoms with van der Waals surface area (Å²) in [6, 6.07) is 0. The Labute approximate surface area is 198 Å². The molecule has 0 radical (unpaired) electrons. The fourth-order valence-electron chi connectivity index (χ4n) is 0. The van der Waals surface area contributed by atoms with E-state index in [1.807, 2.05) is 0 Å². The predicted molar refractivity (Wildman–Crippen MR) is 27.3 cm³/mol. The third-order valence-electron chi connectivity index (χ3n) is 0. The summed E-state index contributed by atoms with van der Waals surface area (Å²) in [6.07, 6.45) is 0. The molecule has 110 valence electrons. The van der Waals surface area contributed by atoms with Crippen molar-refractivity contribution in [1.29, 1.82) is 0 Å². The van der Waals surface area contributed by atoms with Crippen LogP contribution in [0.5, 0.6) is 0 Å². The van der Waals surface area contributed by atoms with Gasteiger partial charge in [-0.3, -0.25) is 0 Å². The van der Waals surface area contributed by atoms with Crippen LogP contribution in [0.15, 0.2) is 0 Å². The summed E-state index contributed by atoms with van der Waals surface area (Å²) in [4.78, 5) is 51.3. The number of phosphoric acid groups is 2. The normalized spacial score (nSPS) is 7.10. The van der Waals surface area contributed by atoms with Gasteiger partial charge in [-0.1, -0.05) is 0 Å². The molecule has 20 heteroatoms. The van der Waals surface area contributed by atoms with E-state index in [1.165, 1.54) is 0 Å². The Morgan fingerprint density at radius 1 is 0.550 bits per heavy atom. The van der Waals surface area contributed by atoms with Crippen LogP contribution < -0.4 is 29.4 Å². The molecule has 0 atom stereocenters. The fraction of sp³-hybridized carbons (Fsp3) is 0. The van der Waals surface area contributed by atoms with Gasteiger partial charge in [0.1, 0.15) is 0 Å². The first-order valence-electron chi connectivity index (χ1n) is 2.69. The predicted octanol–water partition coefficient (Wildman–Crippen LogP) is -6.52. The second kappa shape index (κ2) is 30.6. The summed E-state index contributed by atoms with van der Waals surface area (Å²) in [5.74, 6) is 0. The summed E-state index contributed by atoms with van der Waals surface area (Å²) in [5.41, 5.74) is 0. The van der Waals surface area contributed by atoms with Gasteiger partial charge in [0.05, 0.1) is 0 Å². The number of rotatable bonds is 0. The Morgan fingerprint density at radius 3 is 0.550 bits per heavy atom. The first kappa shape index (κ1) is 39.0. The molecule has 0 aromatic heterocycles. The minimum atomic E-state index is -5.39. The molecule has 0 aromatic rings. The average Bonchev–Trinajstić information content (AvgIpc) is 1.99. The Hall–Kier alpha value is 3.75. The number of hydrogen-bond donors (Lipinski definition) is 0. The molecule has 0 aliphatic carbocycles. The Balaban J connectivity index is -0.0000000183. The third-order valence-corrected chi connectivity index (χ3v) is 0. The van der Waals surface area contributed by atoms with Gasteiger partial charge in [-0.25, -0.2) is 0 Å². The van der Waals surface area contributed by atoms with E-state index in [2.05, 4.69) is 0 Å². The molecule has 0 aliphatic rings. The van der Waals surface area contributed by atoms with Crippen LogP contribution in [0.25, 0.3) is 0 Å². The molecule has 0 unspecified atom stereocenters. The van der Waals surface area contributed by atoms with Crippen LogP contribution in [0.3, 0.4) is 0 Å². The van der Waals surface area contributed by atoms with Crippen LogP contribution in [0.1, 0.15) is 2.85 Å². The Morgan fingerprint density at radius 2 is 0.550 bits per heavy atom. The van der Waals surface area contributed by atoms with E-state index in [4.69, 9.17) is 51.9 Å². The molecule has 0 heterocycles. The van der Waals surface area contributed by atoms with E-state index in [9.17, 15) is 0 Å². The zero-order valence-electron chi connectivity index (χ0n) is 10.8. The van der Waals surface area contributed by atoms with Crippen molar-refractivity contribution in [3.05, 3.63) is 0 Å². The van der Waals surface area contributed by atoms with Gasteiger partial charge < -0.3 is 41.3 Å². The van der Waals surface area contributed by atoms with Crippen LogP contribution in [0.2, 0.25) is 0 Å². The monoisotopic (exact) mass is 1140 g/mol. The zero-order valence-corrected chi connectivity index (χ0v) is 27.5. The van der Waals surface area contributed by atoms with Gasteiger partial charge in [-0.05, 0) is 0 Å². The average molecular weight is 1140 g/mol. The summed E-state index contributed by atoms with van der Waals surface area (Å²) in [5, 5.41) is 0.